The number of rotatable bonds is 13. The van der Waals surface area contributed by atoms with Gasteiger partial charge in [0.2, 0.25) is 17.7 Å². The van der Waals surface area contributed by atoms with Crippen molar-refractivity contribution in [2.45, 2.75) is 50.9 Å². The van der Waals surface area contributed by atoms with E-state index in [-0.39, 0.29) is 18.1 Å². The summed E-state index contributed by atoms with van der Waals surface area (Å²) in [6.45, 7) is 2.72. The highest BCUT2D eigenvalue weighted by molar-refractivity contribution is 7.80. The molecule has 0 saturated heterocycles. The lowest BCUT2D eigenvalue weighted by atomic mass is 10.0. The van der Waals surface area contributed by atoms with Crippen LogP contribution in [0.1, 0.15) is 26.7 Å². The second-order valence-corrected chi connectivity index (χ2v) is 7.09. The van der Waals surface area contributed by atoms with Gasteiger partial charge in [0.05, 0.1) is 19.1 Å². The Hall–Kier alpha value is -2.38. The molecule has 0 spiro atoms. The predicted molar refractivity (Wildman–Crippen MR) is 104 cm³/mol. The van der Waals surface area contributed by atoms with Crippen LogP contribution in [0.25, 0.3) is 0 Å². The molecule has 166 valence electrons. The van der Waals surface area contributed by atoms with Crippen LogP contribution in [0.2, 0.25) is 0 Å². The maximum atomic E-state index is 12.4. The molecule has 0 fully saturated rings. The molecule has 0 aromatic carbocycles. The number of aliphatic hydroxyl groups excluding tert-OH is 1. The van der Waals surface area contributed by atoms with E-state index in [1.54, 1.807) is 13.8 Å². The van der Waals surface area contributed by atoms with Crippen molar-refractivity contribution >= 4 is 42.3 Å². The molecule has 0 aromatic heterocycles. The fraction of sp³-hybridized carbons (Fsp3) is 0.688. The Morgan fingerprint density at radius 2 is 1.38 bits per heavy atom. The molecular weight excluding hydrogens is 408 g/mol. The second-order valence-electron chi connectivity index (χ2n) is 6.72. The minimum absolute atomic E-state index is 0.0588. The van der Waals surface area contributed by atoms with Crippen LogP contribution < -0.4 is 21.7 Å². The first-order chi connectivity index (χ1) is 13.4. The molecule has 0 heterocycles. The van der Waals surface area contributed by atoms with Crippen molar-refractivity contribution in [2.24, 2.45) is 11.7 Å². The molecule has 29 heavy (non-hydrogen) atoms. The molecule has 3 amide bonds. The second kappa shape index (κ2) is 13.0. The SMILES string of the molecule is CC(C)CC(NC(=O)C(CO)NC(=O)C(N)CC(=O)O)C(=O)NC(CS)C(=O)O. The first-order valence-electron chi connectivity index (χ1n) is 8.75. The summed E-state index contributed by atoms with van der Waals surface area (Å²) in [6, 6.07) is -5.32. The Bertz CT molecular complexity index is 616. The van der Waals surface area contributed by atoms with E-state index in [0.29, 0.717) is 0 Å². The Balaban J connectivity index is 5.17. The van der Waals surface area contributed by atoms with E-state index in [1.165, 1.54) is 0 Å². The van der Waals surface area contributed by atoms with E-state index >= 15 is 0 Å². The summed E-state index contributed by atoms with van der Waals surface area (Å²) in [7, 11) is 0. The van der Waals surface area contributed by atoms with E-state index in [0.717, 1.165) is 0 Å². The highest BCUT2D eigenvalue weighted by Gasteiger charge is 2.30. The molecule has 13 heteroatoms. The van der Waals surface area contributed by atoms with E-state index < -0.39 is 66.9 Å². The van der Waals surface area contributed by atoms with Crippen LogP contribution in [0.15, 0.2) is 0 Å². The normalized spacial score (nSPS) is 15.0. The number of carboxylic acid groups (broad SMARTS) is 2. The summed E-state index contributed by atoms with van der Waals surface area (Å²) in [6.07, 6.45) is -0.522. The van der Waals surface area contributed by atoms with Gasteiger partial charge in [-0.05, 0) is 12.3 Å². The highest BCUT2D eigenvalue weighted by Crippen LogP contribution is 2.06. The smallest absolute Gasteiger partial charge is 0.327 e. The summed E-state index contributed by atoms with van der Waals surface area (Å²) in [4.78, 5) is 58.3. The third-order valence-electron chi connectivity index (χ3n) is 3.68. The Morgan fingerprint density at radius 1 is 0.897 bits per heavy atom. The number of thiol groups is 1. The lowest BCUT2D eigenvalue weighted by molar-refractivity contribution is -0.141. The lowest BCUT2D eigenvalue weighted by Gasteiger charge is -2.25. The molecule has 0 aliphatic heterocycles. The van der Waals surface area contributed by atoms with Crippen LogP contribution in [0.3, 0.4) is 0 Å². The van der Waals surface area contributed by atoms with Crippen LogP contribution in [0.4, 0.5) is 0 Å². The van der Waals surface area contributed by atoms with Crippen molar-refractivity contribution in [3.63, 3.8) is 0 Å². The Labute approximate surface area is 173 Å². The molecule has 4 atom stereocenters. The lowest BCUT2D eigenvalue weighted by Crippen LogP contribution is -2.58. The van der Waals surface area contributed by atoms with Crippen LogP contribution in [-0.4, -0.2) is 81.5 Å². The zero-order valence-electron chi connectivity index (χ0n) is 16.1. The summed E-state index contributed by atoms with van der Waals surface area (Å²) in [5, 5.41) is 33.8. The summed E-state index contributed by atoms with van der Waals surface area (Å²) in [5.41, 5.74) is 5.40. The molecule has 0 aliphatic carbocycles. The van der Waals surface area contributed by atoms with Crippen LogP contribution in [-0.2, 0) is 24.0 Å². The largest absolute Gasteiger partial charge is 0.481 e. The summed E-state index contributed by atoms with van der Waals surface area (Å²) in [5.74, 6) is -5.48. The Kier molecular flexibility index (Phi) is 11.9. The summed E-state index contributed by atoms with van der Waals surface area (Å²) >= 11 is 3.85. The van der Waals surface area contributed by atoms with Gasteiger partial charge < -0.3 is 37.0 Å². The fourth-order valence-corrected chi connectivity index (χ4v) is 2.43. The molecule has 0 aliphatic rings. The van der Waals surface area contributed by atoms with Crippen molar-refractivity contribution in [2.75, 3.05) is 12.4 Å². The van der Waals surface area contributed by atoms with Crippen LogP contribution in [0.5, 0.6) is 0 Å². The van der Waals surface area contributed by atoms with Crippen molar-refractivity contribution in [3.8, 4) is 0 Å². The number of aliphatic carboxylic acids is 2. The van der Waals surface area contributed by atoms with E-state index in [2.05, 4.69) is 28.6 Å². The van der Waals surface area contributed by atoms with Crippen molar-refractivity contribution < 1.29 is 39.3 Å². The van der Waals surface area contributed by atoms with Crippen molar-refractivity contribution in [3.05, 3.63) is 0 Å². The molecule has 0 saturated carbocycles. The Morgan fingerprint density at radius 3 is 1.79 bits per heavy atom. The third-order valence-corrected chi connectivity index (χ3v) is 4.05. The van der Waals surface area contributed by atoms with Gasteiger partial charge >= 0.3 is 11.9 Å². The number of nitrogens with two attached hydrogens (primary N) is 1. The predicted octanol–water partition coefficient (Wildman–Crippen LogP) is -2.70. The maximum Gasteiger partial charge on any atom is 0.327 e. The van der Waals surface area contributed by atoms with Crippen molar-refractivity contribution in [1.82, 2.24) is 16.0 Å². The van der Waals surface area contributed by atoms with E-state index in [9.17, 15) is 29.1 Å². The average Bonchev–Trinajstić information content (AvgIpc) is 2.61. The quantitative estimate of drug-likeness (QED) is 0.141. The van der Waals surface area contributed by atoms with Gasteiger partial charge in [0.15, 0.2) is 0 Å². The molecule has 0 radical (unpaired) electrons. The van der Waals surface area contributed by atoms with Gasteiger partial charge in [0.25, 0.3) is 0 Å². The minimum atomic E-state index is -1.48. The van der Waals surface area contributed by atoms with Gasteiger partial charge in [-0.15, -0.1) is 0 Å². The van der Waals surface area contributed by atoms with E-state index in [4.69, 9.17) is 15.9 Å². The number of nitrogens with one attached hydrogen (secondary N) is 3. The number of carboxylic acids is 2. The molecule has 8 N–H and O–H groups in total. The molecule has 4 unspecified atom stereocenters. The number of aliphatic hydroxyl groups is 1. The van der Waals surface area contributed by atoms with E-state index in [1.807, 2.05) is 0 Å². The molecule has 12 nitrogen and oxygen atoms in total. The van der Waals surface area contributed by atoms with Crippen LogP contribution in [0, 0.1) is 5.92 Å². The summed E-state index contributed by atoms with van der Waals surface area (Å²) < 4.78 is 0. The number of carbonyl (C=O) groups is 5. The topological polar surface area (TPSA) is 208 Å². The first-order valence-corrected chi connectivity index (χ1v) is 9.39. The maximum absolute atomic E-state index is 12.4. The monoisotopic (exact) mass is 436 g/mol. The van der Waals surface area contributed by atoms with Gasteiger partial charge in [0, 0.05) is 5.75 Å². The van der Waals surface area contributed by atoms with Gasteiger partial charge in [-0.3, -0.25) is 19.2 Å². The van der Waals surface area contributed by atoms with Gasteiger partial charge in [-0.25, -0.2) is 4.79 Å². The first kappa shape index (κ1) is 26.6. The molecule has 0 aromatic rings. The van der Waals surface area contributed by atoms with Crippen molar-refractivity contribution in [1.29, 1.82) is 0 Å². The average molecular weight is 436 g/mol. The van der Waals surface area contributed by atoms with Gasteiger partial charge in [-0.1, -0.05) is 13.8 Å². The van der Waals surface area contributed by atoms with Gasteiger partial charge in [-0.2, -0.15) is 12.6 Å². The fourth-order valence-electron chi connectivity index (χ4n) is 2.19. The third kappa shape index (κ3) is 10.1. The zero-order chi connectivity index (χ0) is 22.7. The number of carbonyl (C=O) groups excluding carboxylic acids is 3. The van der Waals surface area contributed by atoms with Gasteiger partial charge in [0.1, 0.15) is 18.1 Å². The molecule has 0 rings (SSSR count). The van der Waals surface area contributed by atoms with Crippen LogP contribution >= 0.6 is 12.6 Å². The number of amides is 3. The minimum Gasteiger partial charge on any atom is -0.481 e. The standard InChI is InChI=1S/C16H28N4O8S/c1-7(2)3-9(14(25)20-11(6-29)16(27)28)18-15(26)10(5-21)19-13(24)8(17)4-12(22)23/h7-11,21,29H,3-6,17H2,1-2H3,(H,18,26)(H,19,24)(H,20,25)(H,22,23)(H,27,28). The molecule has 0 bridgehead atoms. The number of hydrogen-bond donors (Lipinski definition) is 8. The highest BCUT2D eigenvalue weighted by atomic mass is 32.1. The zero-order valence-corrected chi connectivity index (χ0v) is 17.0. The molecular formula is C16H28N4O8S. The number of hydrogen-bond acceptors (Lipinski definition) is 8.